The number of hydrogen-bond donors (Lipinski definition) is 1. The van der Waals surface area contributed by atoms with Crippen molar-refractivity contribution in [2.24, 2.45) is 0 Å². The summed E-state index contributed by atoms with van der Waals surface area (Å²) in [5, 5.41) is 0.640. The second kappa shape index (κ2) is 5.26. The van der Waals surface area contributed by atoms with Gasteiger partial charge in [0.1, 0.15) is 9.90 Å². The molecule has 1 aromatic heterocycles. The monoisotopic (exact) mass is 305 g/mol. The molecule has 0 aromatic carbocycles. The zero-order valence-corrected chi connectivity index (χ0v) is 12.9. The maximum atomic E-state index is 12.1. The first kappa shape index (κ1) is 14.5. The van der Waals surface area contributed by atoms with Crippen LogP contribution in [-0.4, -0.2) is 43.8 Å². The van der Waals surface area contributed by atoms with E-state index in [0.29, 0.717) is 18.1 Å². The molecule has 1 aliphatic rings. The SMILES string of the molecule is CCS(=O)(=O)c1c(N)nsc1N1CC(C)OC(C)C1. The van der Waals surface area contributed by atoms with E-state index in [1.165, 1.54) is 0 Å². The van der Waals surface area contributed by atoms with E-state index in [1.807, 2.05) is 18.7 Å². The van der Waals surface area contributed by atoms with Crippen molar-refractivity contribution in [3.05, 3.63) is 0 Å². The van der Waals surface area contributed by atoms with Gasteiger partial charge in [-0.15, -0.1) is 0 Å². The average Bonchev–Trinajstić information content (AvgIpc) is 2.70. The van der Waals surface area contributed by atoms with Crippen LogP contribution in [0.5, 0.6) is 0 Å². The van der Waals surface area contributed by atoms with E-state index >= 15 is 0 Å². The highest BCUT2D eigenvalue weighted by Gasteiger charge is 2.31. The van der Waals surface area contributed by atoms with Gasteiger partial charge < -0.3 is 15.4 Å². The predicted molar refractivity (Wildman–Crippen MR) is 76.5 cm³/mol. The van der Waals surface area contributed by atoms with Crippen LogP contribution < -0.4 is 10.6 Å². The molecule has 1 aromatic rings. The second-order valence-corrected chi connectivity index (χ2v) is 7.73. The summed E-state index contributed by atoms with van der Waals surface area (Å²) in [5.41, 5.74) is 5.74. The maximum Gasteiger partial charge on any atom is 0.184 e. The summed E-state index contributed by atoms with van der Waals surface area (Å²) in [4.78, 5) is 2.19. The molecule has 108 valence electrons. The quantitative estimate of drug-likeness (QED) is 0.901. The Morgan fingerprint density at radius 3 is 2.53 bits per heavy atom. The molecule has 2 rings (SSSR count). The van der Waals surface area contributed by atoms with Crippen molar-refractivity contribution in [1.82, 2.24) is 4.37 Å². The van der Waals surface area contributed by atoms with Crippen molar-refractivity contribution < 1.29 is 13.2 Å². The number of morpholine rings is 1. The molecule has 1 saturated heterocycles. The van der Waals surface area contributed by atoms with Crippen molar-refractivity contribution in [2.75, 3.05) is 29.5 Å². The molecule has 2 N–H and O–H groups in total. The Bertz CT molecular complexity index is 546. The molecule has 0 bridgehead atoms. The summed E-state index contributed by atoms with van der Waals surface area (Å²) in [6.07, 6.45) is 0.119. The van der Waals surface area contributed by atoms with Gasteiger partial charge in [-0.1, -0.05) is 6.92 Å². The second-order valence-electron chi connectivity index (χ2n) is 4.77. The highest BCUT2D eigenvalue weighted by molar-refractivity contribution is 7.91. The predicted octanol–water partition coefficient (Wildman–Crippen LogP) is 1.13. The molecule has 2 atom stereocenters. The lowest BCUT2D eigenvalue weighted by Crippen LogP contribution is -2.45. The van der Waals surface area contributed by atoms with Gasteiger partial charge in [0, 0.05) is 13.1 Å². The van der Waals surface area contributed by atoms with Crippen molar-refractivity contribution in [1.29, 1.82) is 0 Å². The summed E-state index contributed by atoms with van der Waals surface area (Å²) in [6.45, 7) is 6.86. The molecule has 0 radical (unpaired) electrons. The highest BCUT2D eigenvalue weighted by Crippen LogP contribution is 2.36. The molecule has 8 heteroatoms. The van der Waals surface area contributed by atoms with Crippen LogP contribution in [0.4, 0.5) is 10.8 Å². The number of sulfone groups is 1. The van der Waals surface area contributed by atoms with Crippen LogP contribution >= 0.6 is 11.5 Å². The topological polar surface area (TPSA) is 85.5 Å². The molecule has 19 heavy (non-hydrogen) atoms. The molecular formula is C11H19N3O3S2. The number of rotatable bonds is 3. The number of aromatic nitrogens is 1. The Balaban J connectivity index is 2.41. The summed E-state index contributed by atoms with van der Waals surface area (Å²) in [6, 6.07) is 0. The number of nitrogens with two attached hydrogens (primary N) is 1. The molecule has 1 aliphatic heterocycles. The first-order valence-electron chi connectivity index (χ1n) is 6.23. The Labute approximate surface area is 117 Å². The minimum Gasteiger partial charge on any atom is -0.382 e. The fraction of sp³-hybridized carbons (Fsp3) is 0.727. The lowest BCUT2D eigenvalue weighted by molar-refractivity contribution is -0.00514. The molecule has 0 amide bonds. The molecule has 6 nitrogen and oxygen atoms in total. The molecule has 0 spiro atoms. The number of nitrogen functional groups attached to an aromatic ring is 1. The third-order valence-corrected chi connectivity index (χ3v) is 5.89. The minimum absolute atomic E-state index is 0.0259. The fourth-order valence-corrected chi connectivity index (χ4v) is 4.59. The molecule has 0 saturated carbocycles. The van der Waals surface area contributed by atoms with E-state index < -0.39 is 9.84 Å². The third-order valence-electron chi connectivity index (χ3n) is 3.06. The van der Waals surface area contributed by atoms with Crippen molar-refractivity contribution in [2.45, 2.75) is 37.9 Å². The molecule has 2 unspecified atom stereocenters. The number of ether oxygens (including phenoxy) is 1. The van der Waals surface area contributed by atoms with Crippen LogP contribution in [0.3, 0.4) is 0 Å². The first-order chi connectivity index (χ1) is 8.85. The Hall–Kier alpha value is -0.860. The van der Waals surface area contributed by atoms with Crippen LogP contribution in [0.1, 0.15) is 20.8 Å². The summed E-state index contributed by atoms with van der Waals surface area (Å²) in [7, 11) is -3.36. The Kier molecular flexibility index (Phi) is 4.03. The number of nitrogens with zero attached hydrogens (tertiary/aromatic N) is 2. The lowest BCUT2D eigenvalue weighted by atomic mass is 10.2. The van der Waals surface area contributed by atoms with Crippen LogP contribution in [0.15, 0.2) is 4.90 Å². The van der Waals surface area contributed by atoms with E-state index in [9.17, 15) is 8.42 Å². The summed E-state index contributed by atoms with van der Waals surface area (Å²) in [5.74, 6) is 0.131. The zero-order valence-electron chi connectivity index (χ0n) is 11.3. The van der Waals surface area contributed by atoms with Gasteiger partial charge in [0.15, 0.2) is 15.7 Å². The van der Waals surface area contributed by atoms with Gasteiger partial charge in [-0.3, -0.25) is 0 Å². The first-order valence-corrected chi connectivity index (χ1v) is 8.66. The number of hydrogen-bond acceptors (Lipinski definition) is 7. The van der Waals surface area contributed by atoms with Gasteiger partial charge in [-0.25, -0.2) is 8.42 Å². The maximum absolute atomic E-state index is 12.1. The van der Waals surface area contributed by atoms with Gasteiger partial charge in [-0.2, -0.15) is 4.37 Å². The largest absolute Gasteiger partial charge is 0.382 e. The van der Waals surface area contributed by atoms with Crippen LogP contribution in [0, 0.1) is 0 Å². The van der Waals surface area contributed by atoms with Crippen molar-refractivity contribution in [3.63, 3.8) is 0 Å². The van der Waals surface area contributed by atoms with Gasteiger partial charge in [0.2, 0.25) is 0 Å². The molecule has 0 aliphatic carbocycles. The van der Waals surface area contributed by atoms with Gasteiger partial charge >= 0.3 is 0 Å². The van der Waals surface area contributed by atoms with E-state index in [0.717, 1.165) is 11.5 Å². The van der Waals surface area contributed by atoms with Crippen molar-refractivity contribution >= 4 is 32.2 Å². The Morgan fingerprint density at radius 2 is 2.00 bits per heavy atom. The van der Waals surface area contributed by atoms with Gasteiger partial charge in [-0.05, 0) is 25.4 Å². The van der Waals surface area contributed by atoms with Crippen molar-refractivity contribution in [3.8, 4) is 0 Å². The number of anilines is 2. The smallest absolute Gasteiger partial charge is 0.184 e. The summed E-state index contributed by atoms with van der Waals surface area (Å²) >= 11 is 1.15. The fourth-order valence-electron chi connectivity index (χ4n) is 2.27. The van der Waals surface area contributed by atoms with E-state index in [2.05, 4.69) is 4.37 Å². The summed E-state index contributed by atoms with van der Waals surface area (Å²) < 4.78 is 33.9. The van der Waals surface area contributed by atoms with Crippen LogP contribution in [-0.2, 0) is 14.6 Å². The molecule has 1 fully saturated rings. The highest BCUT2D eigenvalue weighted by atomic mass is 32.2. The van der Waals surface area contributed by atoms with Crippen LogP contribution in [0.25, 0.3) is 0 Å². The van der Waals surface area contributed by atoms with Gasteiger partial charge in [0.05, 0.1) is 18.0 Å². The molecule has 2 heterocycles. The van der Waals surface area contributed by atoms with Gasteiger partial charge in [0.25, 0.3) is 0 Å². The third kappa shape index (κ3) is 2.85. The lowest BCUT2D eigenvalue weighted by Gasteiger charge is -2.36. The standard InChI is InChI=1S/C11H19N3O3S2/c1-4-19(15,16)9-10(12)13-18-11(9)14-5-7(2)17-8(3)6-14/h7-8H,4-6H2,1-3H3,(H2,12,13). The average molecular weight is 305 g/mol. The zero-order chi connectivity index (χ0) is 14.2. The van der Waals surface area contributed by atoms with E-state index in [-0.39, 0.29) is 28.7 Å². The van der Waals surface area contributed by atoms with E-state index in [1.54, 1.807) is 6.92 Å². The van der Waals surface area contributed by atoms with E-state index in [4.69, 9.17) is 10.5 Å². The van der Waals surface area contributed by atoms with Crippen LogP contribution in [0.2, 0.25) is 0 Å². The Morgan fingerprint density at radius 1 is 1.42 bits per heavy atom. The normalized spacial score (nSPS) is 24.7. The minimum atomic E-state index is -3.36. The molecular weight excluding hydrogens is 286 g/mol.